The molecule has 5 nitrogen and oxygen atoms in total. The van der Waals surface area contributed by atoms with Crippen LogP contribution in [0.1, 0.15) is 45.2 Å². The first-order valence-corrected chi connectivity index (χ1v) is 8.87. The Morgan fingerprint density at radius 1 is 1.40 bits per heavy atom. The predicted octanol–water partition coefficient (Wildman–Crippen LogP) is 1.59. The van der Waals surface area contributed by atoms with Gasteiger partial charge < -0.3 is 9.88 Å². The minimum absolute atomic E-state index is 0.223. The Morgan fingerprint density at radius 3 is 2.65 bits per heavy atom. The van der Waals surface area contributed by atoms with Crippen molar-refractivity contribution in [2.75, 3.05) is 0 Å². The van der Waals surface area contributed by atoms with Gasteiger partial charge in [-0.15, -0.1) is 0 Å². The molecule has 2 N–H and O–H groups in total. The summed E-state index contributed by atoms with van der Waals surface area (Å²) >= 11 is 0. The molecule has 0 amide bonds. The van der Waals surface area contributed by atoms with E-state index < -0.39 is 10.0 Å². The van der Waals surface area contributed by atoms with E-state index >= 15 is 0 Å². The molecule has 3 rings (SSSR count). The van der Waals surface area contributed by atoms with E-state index in [2.05, 4.69) is 10.0 Å². The Labute approximate surface area is 120 Å². The van der Waals surface area contributed by atoms with E-state index in [0.717, 1.165) is 31.6 Å². The van der Waals surface area contributed by atoms with Crippen molar-refractivity contribution in [2.24, 2.45) is 0 Å². The van der Waals surface area contributed by atoms with E-state index in [1.807, 2.05) is 18.4 Å². The van der Waals surface area contributed by atoms with Gasteiger partial charge in [-0.05, 0) is 45.6 Å². The molecule has 2 aliphatic carbocycles. The van der Waals surface area contributed by atoms with Gasteiger partial charge in [0.05, 0.1) is 4.90 Å². The van der Waals surface area contributed by atoms with Crippen molar-refractivity contribution in [3.8, 4) is 0 Å². The molecule has 1 aromatic heterocycles. The highest BCUT2D eigenvalue weighted by Gasteiger charge is 2.41. The molecule has 0 aromatic carbocycles. The van der Waals surface area contributed by atoms with E-state index in [0.29, 0.717) is 10.9 Å². The molecule has 2 fully saturated rings. The zero-order valence-corrected chi connectivity index (χ0v) is 13.0. The predicted molar refractivity (Wildman–Crippen MR) is 77.9 cm³/mol. The van der Waals surface area contributed by atoms with E-state index in [1.165, 1.54) is 12.8 Å². The van der Waals surface area contributed by atoms with Gasteiger partial charge in [0.25, 0.3) is 0 Å². The summed E-state index contributed by atoms with van der Waals surface area (Å²) in [5.41, 5.74) is 0.820. The van der Waals surface area contributed by atoms with Crippen molar-refractivity contribution in [2.45, 2.75) is 69.1 Å². The molecule has 2 aliphatic rings. The Morgan fingerprint density at radius 2 is 2.10 bits per heavy atom. The quantitative estimate of drug-likeness (QED) is 0.803. The highest BCUT2D eigenvalue weighted by molar-refractivity contribution is 7.89. The second kappa shape index (κ2) is 4.86. The van der Waals surface area contributed by atoms with Gasteiger partial charge in [0, 0.05) is 36.6 Å². The SMILES string of the molecule is CCn1cc(S(=O)(=O)NC2(C)CC2)cc1CNC1CC1. The number of sulfonamides is 1. The van der Waals surface area contributed by atoms with Crippen molar-refractivity contribution < 1.29 is 8.42 Å². The molecule has 0 radical (unpaired) electrons. The monoisotopic (exact) mass is 297 g/mol. The zero-order valence-electron chi connectivity index (χ0n) is 12.1. The molecule has 1 heterocycles. The number of hydrogen-bond acceptors (Lipinski definition) is 3. The van der Waals surface area contributed by atoms with Crippen LogP contribution in [-0.4, -0.2) is 24.6 Å². The summed E-state index contributed by atoms with van der Waals surface area (Å²) in [5.74, 6) is 0. The summed E-state index contributed by atoms with van der Waals surface area (Å²) in [4.78, 5) is 0.389. The number of hydrogen-bond donors (Lipinski definition) is 2. The first-order valence-electron chi connectivity index (χ1n) is 7.38. The summed E-state index contributed by atoms with van der Waals surface area (Å²) in [6, 6.07) is 2.42. The van der Waals surface area contributed by atoms with Gasteiger partial charge in [0.1, 0.15) is 0 Å². The molecule has 0 unspecified atom stereocenters. The second-order valence-electron chi connectivity index (χ2n) is 6.27. The standard InChI is InChI=1S/C14H23N3O2S/c1-3-17-10-13(8-12(17)9-15-11-4-5-11)20(18,19)16-14(2)6-7-14/h8,10-11,15-16H,3-7,9H2,1-2H3. The third kappa shape index (κ3) is 3.07. The number of nitrogens with one attached hydrogen (secondary N) is 2. The fourth-order valence-electron chi connectivity index (χ4n) is 2.32. The molecule has 112 valence electrons. The average molecular weight is 297 g/mol. The lowest BCUT2D eigenvalue weighted by molar-refractivity contribution is 0.557. The number of nitrogens with zero attached hydrogens (tertiary/aromatic N) is 1. The Bertz CT molecular complexity index is 598. The molecule has 0 aliphatic heterocycles. The summed E-state index contributed by atoms with van der Waals surface area (Å²) in [6.45, 7) is 5.52. The minimum Gasteiger partial charge on any atom is -0.349 e. The lowest BCUT2D eigenvalue weighted by Gasteiger charge is -2.10. The number of aromatic nitrogens is 1. The molecular formula is C14H23N3O2S. The fraction of sp³-hybridized carbons (Fsp3) is 0.714. The second-order valence-corrected chi connectivity index (χ2v) is 7.96. The van der Waals surface area contributed by atoms with E-state index in [4.69, 9.17) is 0 Å². The zero-order chi connectivity index (χ0) is 14.4. The van der Waals surface area contributed by atoms with Crippen molar-refractivity contribution in [3.05, 3.63) is 18.0 Å². The molecular weight excluding hydrogens is 274 g/mol. The maximum Gasteiger partial charge on any atom is 0.242 e. The average Bonchev–Trinajstić information content (AvgIpc) is 3.28. The Kier molecular flexibility index (Phi) is 3.43. The van der Waals surface area contributed by atoms with Crippen molar-refractivity contribution in [1.29, 1.82) is 0 Å². The molecule has 0 bridgehead atoms. The summed E-state index contributed by atoms with van der Waals surface area (Å²) in [5, 5.41) is 3.44. The van der Waals surface area contributed by atoms with Crippen LogP contribution in [0, 0.1) is 0 Å². The van der Waals surface area contributed by atoms with Gasteiger partial charge in [-0.3, -0.25) is 0 Å². The van der Waals surface area contributed by atoms with Crippen molar-refractivity contribution >= 4 is 10.0 Å². The summed E-state index contributed by atoms with van der Waals surface area (Å²) < 4.78 is 29.6. The summed E-state index contributed by atoms with van der Waals surface area (Å²) in [7, 11) is -3.39. The fourth-order valence-corrected chi connectivity index (χ4v) is 3.85. The van der Waals surface area contributed by atoms with Gasteiger partial charge in [-0.1, -0.05) is 0 Å². The van der Waals surface area contributed by atoms with Crippen molar-refractivity contribution in [1.82, 2.24) is 14.6 Å². The molecule has 0 spiro atoms. The minimum atomic E-state index is -3.39. The first kappa shape index (κ1) is 14.1. The molecule has 0 saturated heterocycles. The molecule has 0 atom stereocenters. The largest absolute Gasteiger partial charge is 0.349 e. The summed E-state index contributed by atoms with van der Waals surface area (Å²) in [6.07, 6.45) is 6.07. The van der Waals surface area contributed by atoms with E-state index in [-0.39, 0.29) is 5.54 Å². The molecule has 2 saturated carbocycles. The van der Waals surface area contributed by atoms with Crippen LogP contribution in [0.25, 0.3) is 0 Å². The first-order chi connectivity index (χ1) is 9.42. The highest BCUT2D eigenvalue weighted by atomic mass is 32.2. The van der Waals surface area contributed by atoms with Gasteiger partial charge in [0.2, 0.25) is 10.0 Å². The number of aryl methyl sites for hydroxylation is 1. The van der Waals surface area contributed by atoms with Crippen LogP contribution < -0.4 is 10.0 Å². The third-order valence-corrected chi connectivity index (χ3v) is 5.75. The lowest BCUT2D eigenvalue weighted by Crippen LogP contribution is -2.34. The Balaban J connectivity index is 1.77. The van der Waals surface area contributed by atoms with Crippen LogP contribution in [0.4, 0.5) is 0 Å². The van der Waals surface area contributed by atoms with Crippen molar-refractivity contribution in [3.63, 3.8) is 0 Å². The van der Waals surface area contributed by atoms with Gasteiger partial charge >= 0.3 is 0 Å². The third-order valence-electron chi connectivity index (χ3n) is 4.14. The smallest absolute Gasteiger partial charge is 0.242 e. The maximum atomic E-state index is 12.4. The van der Waals surface area contributed by atoms with E-state index in [1.54, 1.807) is 12.3 Å². The highest BCUT2D eigenvalue weighted by Crippen LogP contribution is 2.36. The topological polar surface area (TPSA) is 63.1 Å². The van der Waals surface area contributed by atoms with Gasteiger partial charge in [0.15, 0.2) is 0 Å². The van der Waals surface area contributed by atoms with Gasteiger partial charge in [-0.25, -0.2) is 13.1 Å². The van der Waals surface area contributed by atoms with Gasteiger partial charge in [-0.2, -0.15) is 0 Å². The Hall–Kier alpha value is -0.850. The maximum absolute atomic E-state index is 12.4. The van der Waals surface area contributed by atoms with Crippen LogP contribution in [0.15, 0.2) is 17.2 Å². The molecule has 20 heavy (non-hydrogen) atoms. The van der Waals surface area contributed by atoms with Crippen LogP contribution in [0.5, 0.6) is 0 Å². The molecule has 6 heteroatoms. The van der Waals surface area contributed by atoms with Crippen LogP contribution in [-0.2, 0) is 23.1 Å². The van der Waals surface area contributed by atoms with Crippen LogP contribution in [0.3, 0.4) is 0 Å². The molecule has 1 aromatic rings. The lowest BCUT2D eigenvalue weighted by atomic mass is 10.4. The van der Waals surface area contributed by atoms with Crippen LogP contribution >= 0.6 is 0 Å². The van der Waals surface area contributed by atoms with E-state index in [9.17, 15) is 8.42 Å². The van der Waals surface area contributed by atoms with Crippen LogP contribution in [0.2, 0.25) is 0 Å². The number of rotatable bonds is 7. The normalized spacial score (nSPS) is 21.1.